The maximum atomic E-state index is 12.0. The molecule has 13 heavy (non-hydrogen) atoms. The number of nitrogens with one attached hydrogen (secondary N) is 1. The van der Waals surface area contributed by atoms with E-state index in [0.29, 0.717) is 0 Å². The van der Waals surface area contributed by atoms with Crippen LogP contribution in [0.1, 0.15) is 5.69 Å². The van der Waals surface area contributed by atoms with Crippen molar-refractivity contribution < 1.29 is 13.2 Å². The highest BCUT2D eigenvalue weighted by molar-refractivity contribution is 5.34. The molecule has 0 bridgehead atoms. The molecule has 0 saturated carbocycles. The minimum absolute atomic E-state index is 0.232. The van der Waals surface area contributed by atoms with Crippen molar-refractivity contribution in [3.63, 3.8) is 0 Å². The van der Waals surface area contributed by atoms with Gasteiger partial charge in [0.1, 0.15) is 11.5 Å². The van der Waals surface area contributed by atoms with Gasteiger partial charge in [0.15, 0.2) is 0 Å². The molecule has 1 aromatic heterocycles. The zero-order chi connectivity index (χ0) is 9.90. The van der Waals surface area contributed by atoms with Crippen LogP contribution < -0.4 is 5.43 Å². The topological polar surface area (TPSA) is 54.4 Å². The second-order valence-electron chi connectivity index (χ2n) is 2.11. The molecule has 0 aromatic carbocycles. The van der Waals surface area contributed by atoms with Crippen LogP contribution in [0.2, 0.25) is 0 Å². The van der Waals surface area contributed by atoms with Crippen LogP contribution in [0.3, 0.4) is 0 Å². The van der Waals surface area contributed by atoms with Crippen molar-refractivity contribution >= 4 is 5.82 Å². The van der Waals surface area contributed by atoms with Gasteiger partial charge in [0.25, 0.3) is 0 Å². The van der Waals surface area contributed by atoms with Gasteiger partial charge in [-0.1, -0.05) is 6.07 Å². The Bertz CT molecular complexity index is 312. The summed E-state index contributed by atoms with van der Waals surface area (Å²) < 4.78 is 36.0. The molecule has 4 nitrogen and oxygen atoms in total. The monoisotopic (exact) mass is 191 g/mol. The molecule has 0 aliphatic rings. The standard InChI is InChI=1S/C6H4F3N3O/c7-6(8,9)4-2-1-3-5(10-4)11-12-13/h1-3H,(H,10,11,13). The number of rotatable bonds is 2. The summed E-state index contributed by atoms with van der Waals surface area (Å²) in [5, 5.41) is 2.20. The van der Waals surface area contributed by atoms with Crippen molar-refractivity contribution in [2.45, 2.75) is 6.18 Å². The molecule has 1 heterocycles. The van der Waals surface area contributed by atoms with Crippen LogP contribution in [-0.4, -0.2) is 4.98 Å². The van der Waals surface area contributed by atoms with Crippen molar-refractivity contribution in [1.29, 1.82) is 0 Å². The Morgan fingerprint density at radius 2 is 2.08 bits per heavy atom. The van der Waals surface area contributed by atoms with E-state index < -0.39 is 11.9 Å². The maximum Gasteiger partial charge on any atom is 0.433 e. The van der Waals surface area contributed by atoms with Crippen molar-refractivity contribution in [3.8, 4) is 0 Å². The molecule has 7 heteroatoms. The largest absolute Gasteiger partial charge is 0.433 e. The number of anilines is 1. The first-order chi connectivity index (χ1) is 6.04. The molecule has 1 aromatic rings. The second kappa shape index (κ2) is 3.38. The van der Waals surface area contributed by atoms with Crippen LogP contribution in [-0.2, 0) is 6.18 Å². The summed E-state index contributed by atoms with van der Waals surface area (Å²) in [4.78, 5) is 12.8. The third-order valence-corrected chi connectivity index (χ3v) is 1.20. The summed E-state index contributed by atoms with van der Waals surface area (Å²) in [5.74, 6) is -0.232. The van der Waals surface area contributed by atoms with Gasteiger partial charge in [-0.2, -0.15) is 13.2 Å². The highest BCUT2D eigenvalue weighted by Gasteiger charge is 2.32. The summed E-state index contributed by atoms with van der Waals surface area (Å²) in [7, 11) is 0. The van der Waals surface area contributed by atoms with Crippen molar-refractivity contribution in [1.82, 2.24) is 4.98 Å². The fourth-order valence-corrected chi connectivity index (χ4v) is 0.702. The Labute approximate surface area is 70.7 Å². The van der Waals surface area contributed by atoms with Crippen molar-refractivity contribution in [2.75, 3.05) is 5.43 Å². The summed E-state index contributed by atoms with van der Waals surface area (Å²) in [6.45, 7) is 0. The van der Waals surface area contributed by atoms with Crippen LogP contribution in [0.25, 0.3) is 0 Å². The van der Waals surface area contributed by atoms with Gasteiger partial charge in [-0.3, -0.25) is 0 Å². The third kappa shape index (κ3) is 2.39. The lowest BCUT2D eigenvalue weighted by atomic mass is 10.3. The number of hydrogen-bond donors (Lipinski definition) is 1. The highest BCUT2D eigenvalue weighted by Crippen LogP contribution is 2.27. The molecule has 0 amide bonds. The first kappa shape index (κ1) is 9.43. The Hall–Kier alpha value is -1.66. The first-order valence-corrected chi connectivity index (χ1v) is 3.16. The first-order valence-electron chi connectivity index (χ1n) is 3.16. The fraction of sp³-hybridized carbons (Fsp3) is 0.167. The zero-order valence-electron chi connectivity index (χ0n) is 6.17. The molecule has 0 aliphatic carbocycles. The highest BCUT2D eigenvalue weighted by atomic mass is 19.4. The van der Waals surface area contributed by atoms with Crippen LogP contribution in [0.5, 0.6) is 0 Å². The number of nitrogens with zero attached hydrogens (tertiary/aromatic N) is 2. The molecule has 0 fully saturated rings. The maximum absolute atomic E-state index is 12.0. The van der Waals surface area contributed by atoms with E-state index in [4.69, 9.17) is 0 Å². The molecule has 1 N–H and O–H groups in total. The van der Waals surface area contributed by atoms with E-state index in [1.807, 2.05) is 0 Å². The predicted octanol–water partition coefficient (Wildman–Crippen LogP) is 2.19. The predicted molar refractivity (Wildman–Crippen MR) is 38.7 cm³/mol. The average molecular weight is 191 g/mol. The molecule has 0 aliphatic heterocycles. The van der Waals surface area contributed by atoms with Crippen LogP contribution in [0.4, 0.5) is 19.0 Å². The number of alkyl halides is 3. The molecule has 0 atom stereocenters. The van der Waals surface area contributed by atoms with Crippen LogP contribution >= 0.6 is 0 Å². The number of aromatic nitrogens is 1. The Morgan fingerprint density at radius 1 is 1.38 bits per heavy atom. The van der Waals surface area contributed by atoms with Gasteiger partial charge >= 0.3 is 6.18 Å². The van der Waals surface area contributed by atoms with Crippen molar-refractivity contribution in [2.24, 2.45) is 5.29 Å². The van der Waals surface area contributed by atoms with E-state index in [-0.39, 0.29) is 5.82 Å². The van der Waals surface area contributed by atoms with Gasteiger partial charge in [-0.05, 0) is 12.1 Å². The minimum atomic E-state index is -4.51. The fourth-order valence-electron chi connectivity index (χ4n) is 0.702. The SMILES string of the molecule is O=NNc1cccc(C(F)(F)F)n1. The number of pyridine rings is 1. The smallest absolute Gasteiger partial charge is 0.225 e. The second-order valence-corrected chi connectivity index (χ2v) is 2.11. The summed E-state index contributed by atoms with van der Waals surface area (Å²) >= 11 is 0. The molecule has 70 valence electrons. The van der Waals surface area contributed by atoms with Gasteiger partial charge in [-0.15, -0.1) is 4.91 Å². The van der Waals surface area contributed by atoms with Gasteiger partial charge in [0.05, 0.1) is 5.29 Å². The molecule has 0 spiro atoms. The molecule has 0 radical (unpaired) electrons. The average Bonchev–Trinajstić information content (AvgIpc) is 2.04. The van der Waals surface area contributed by atoms with E-state index in [0.717, 1.165) is 12.1 Å². The van der Waals surface area contributed by atoms with E-state index in [1.54, 1.807) is 5.43 Å². The van der Waals surface area contributed by atoms with Gasteiger partial charge < -0.3 is 0 Å². The molecule has 0 saturated heterocycles. The normalized spacial score (nSPS) is 11.0. The third-order valence-electron chi connectivity index (χ3n) is 1.20. The Balaban J connectivity index is 2.98. The Kier molecular flexibility index (Phi) is 2.45. The van der Waals surface area contributed by atoms with Gasteiger partial charge in [-0.25, -0.2) is 10.4 Å². The summed E-state index contributed by atoms with van der Waals surface area (Å²) in [6, 6.07) is 3.13. The van der Waals surface area contributed by atoms with Crippen molar-refractivity contribution in [3.05, 3.63) is 28.8 Å². The van der Waals surface area contributed by atoms with E-state index in [9.17, 15) is 18.1 Å². The van der Waals surface area contributed by atoms with Crippen LogP contribution in [0, 0.1) is 4.91 Å². The molecular weight excluding hydrogens is 187 g/mol. The number of halogens is 3. The van der Waals surface area contributed by atoms with Gasteiger partial charge in [0.2, 0.25) is 0 Å². The number of hydrogen-bond acceptors (Lipinski definition) is 3. The van der Waals surface area contributed by atoms with E-state index >= 15 is 0 Å². The lowest BCUT2D eigenvalue weighted by Crippen LogP contribution is -2.08. The minimum Gasteiger partial charge on any atom is -0.225 e. The zero-order valence-corrected chi connectivity index (χ0v) is 6.17. The number of nitroso groups, excluding NO2 is 1. The van der Waals surface area contributed by atoms with Crippen LogP contribution in [0.15, 0.2) is 23.5 Å². The van der Waals surface area contributed by atoms with E-state index in [2.05, 4.69) is 10.3 Å². The quantitative estimate of drug-likeness (QED) is 0.575. The van der Waals surface area contributed by atoms with E-state index in [1.165, 1.54) is 6.07 Å². The molecule has 1 rings (SSSR count). The van der Waals surface area contributed by atoms with Gasteiger partial charge in [0, 0.05) is 0 Å². The molecule has 0 unspecified atom stereocenters. The Morgan fingerprint density at radius 3 is 2.62 bits per heavy atom. The molecular formula is C6H4F3N3O. The summed E-state index contributed by atoms with van der Waals surface area (Å²) in [6.07, 6.45) is -4.51. The lowest BCUT2D eigenvalue weighted by molar-refractivity contribution is -0.141. The summed E-state index contributed by atoms with van der Waals surface area (Å²) in [5.41, 5.74) is 0.710. The lowest BCUT2D eigenvalue weighted by Gasteiger charge is -2.05.